The zero-order valence-corrected chi connectivity index (χ0v) is 12.6. The Morgan fingerprint density at radius 3 is 2.64 bits per heavy atom. The van der Waals surface area contributed by atoms with Crippen molar-refractivity contribution in [3.63, 3.8) is 0 Å². The van der Waals surface area contributed by atoms with E-state index in [1.54, 1.807) is 18.0 Å². The minimum atomic E-state index is -0.215. The molecular formula is C15H17N5O2. The van der Waals surface area contributed by atoms with Gasteiger partial charge in [-0.05, 0) is 38.1 Å². The summed E-state index contributed by atoms with van der Waals surface area (Å²) in [5, 5.41) is 7.78. The summed E-state index contributed by atoms with van der Waals surface area (Å²) in [6.07, 6.45) is 1.54. The van der Waals surface area contributed by atoms with Crippen molar-refractivity contribution in [1.29, 1.82) is 0 Å². The Hall–Kier alpha value is -2.83. The maximum absolute atomic E-state index is 12.1. The van der Waals surface area contributed by atoms with Crippen LogP contribution in [0, 0.1) is 0 Å². The third kappa shape index (κ3) is 2.52. The van der Waals surface area contributed by atoms with Crippen LogP contribution in [0.3, 0.4) is 0 Å². The molecule has 0 atom stereocenters. The fourth-order valence-electron chi connectivity index (χ4n) is 2.18. The van der Waals surface area contributed by atoms with Gasteiger partial charge < -0.3 is 10.1 Å². The molecular weight excluding hydrogens is 282 g/mol. The van der Waals surface area contributed by atoms with E-state index in [9.17, 15) is 4.79 Å². The quantitative estimate of drug-likeness (QED) is 0.773. The van der Waals surface area contributed by atoms with Crippen molar-refractivity contribution >= 4 is 22.7 Å². The zero-order chi connectivity index (χ0) is 15.7. The Balaban J connectivity index is 1.99. The van der Waals surface area contributed by atoms with Crippen LogP contribution < -0.4 is 15.6 Å². The average molecular weight is 299 g/mol. The summed E-state index contributed by atoms with van der Waals surface area (Å²) in [6, 6.07) is 7.49. The molecule has 2 aromatic heterocycles. The second-order valence-electron chi connectivity index (χ2n) is 5.19. The molecule has 2 N–H and O–H groups in total. The number of hydrogen-bond donors (Lipinski definition) is 2. The van der Waals surface area contributed by atoms with Gasteiger partial charge in [-0.3, -0.25) is 9.78 Å². The summed E-state index contributed by atoms with van der Waals surface area (Å²) in [4.78, 5) is 19.3. The summed E-state index contributed by atoms with van der Waals surface area (Å²) < 4.78 is 6.84. The van der Waals surface area contributed by atoms with Crippen molar-refractivity contribution in [3.8, 4) is 5.75 Å². The zero-order valence-electron chi connectivity index (χ0n) is 12.6. The van der Waals surface area contributed by atoms with E-state index in [2.05, 4.69) is 20.4 Å². The molecule has 0 aliphatic heterocycles. The predicted octanol–water partition coefficient (Wildman–Crippen LogP) is 2.45. The van der Waals surface area contributed by atoms with Gasteiger partial charge in [0.25, 0.3) is 5.56 Å². The first-order valence-electron chi connectivity index (χ1n) is 6.97. The molecule has 1 aromatic carbocycles. The van der Waals surface area contributed by atoms with Gasteiger partial charge in [0.15, 0.2) is 5.65 Å². The highest BCUT2D eigenvalue weighted by molar-refractivity contribution is 5.75. The summed E-state index contributed by atoms with van der Waals surface area (Å²) in [5.74, 6) is 1.14. The van der Waals surface area contributed by atoms with Crippen LogP contribution in [-0.2, 0) is 0 Å². The van der Waals surface area contributed by atoms with Gasteiger partial charge in [-0.2, -0.15) is 10.1 Å². The van der Waals surface area contributed by atoms with Crippen LogP contribution >= 0.6 is 0 Å². The van der Waals surface area contributed by atoms with Crippen LogP contribution in [0.2, 0.25) is 0 Å². The molecule has 0 radical (unpaired) electrons. The number of aromatic nitrogens is 4. The number of fused-ring (bicyclic) bond motifs is 1. The normalized spacial score (nSPS) is 11.1. The van der Waals surface area contributed by atoms with Crippen LogP contribution in [-0.4, -0.2) is 26.9 Å². The Kier molecular flexibility index (Phi) is 3.54. The molecule has 3 rings (SSSR count). The third-order valence-electron chi connectivity index (χ3n) is 3.31. The van der Waals surface area contributed by atoms with Gasteiger partial charge in [-0.1, -0.05) is 0 Å². The van der Waals surface area contributed by atoms with Crippen molar-refractivity contribution in [2.75, 3.05) is 12.4 Å². The molecule has 0 aliphatic carbocycles. The van der Waals surface area contributed by atoms with Crippen molar-refractivity contribution in [2.24, 2.45) is 0 Å². The lowest BCUT2D eigenvalue weighted by molar-refractivity contribution is 0.415. The van der Waals surface area contributed by atoms with E-state index >= 15 is 0 Å². The minimum Gasteiger partial charge on any atom is -0.497 e. The standard InChI is InChI=1S/C15H17N5O2/c1-9(2)20-13-12(8-16-20)14(21)19-15(18-13)17-10-4-6-11(22-3)7-5-10/h4-9H,1-3H3,(H2,17,18,19,21). The van der Waals surface area contributed by atoms with Crippen molar-refractivity contribution in [3.05, 3.63) is 40.8 Å². The molecule has 0 unspecified atom stereocenters. The molecule has 114 valence electrons. The number of H-pyrrole nitrogens is 1. The van der Waals surface area contributed by atoms with Crippen molar-refractivity contribution < 1.29 is 4.74 Å². The largest absolute Gasteiger partial charge is 0.497 e. The van der Waals surface area contributed by atoms with Gasteiger partial charge in [-0.15, -0.1) is 0 Å². The first-order chi connectivity index (χ1) is 10.6. The highest BCUT2D eigenvalue weighted by atomic mass is 16.5. The van der Waals surface area contributed by atoms with E-state index in [0.717, 1.165) is 11.4 Å². The highest BCUT2D eigenvalue weighted by Gasteiger charge is 2.12. The van der Waals surface area contributed by atoms with Crippen LogP contribution in [0.15, 0.2) is 35.3 Å². The van der Waals surface area contributed by atoms with Gasteiger partial charge in [0.2, 0.25) is 5.95 Å². The molecule has 0 fully saturated rings. The first kappa shape index (κ1) is 14.1. The van der Waals surface area contributed by atoms with E-state index in [-0.39, 0.29) is 11.6 Å². The van der Waals surface area contributed by atoms with Crippen molar-refractivity contribution in [2.45, 2.75) is 19.9 Å². The van der Waals surface area contributed by atoms with Crippen molar-refractivity contribution in [1.82, 2.24) is 19.7 Å². The Morgan fingerprint density at radius 1 is 1.27 bits per heavy atom. The van der Waals surface area contributed by atoms with Gasteiger partial charge in [0, 0.05) is 11.7 Å². The molecule has 0 saturated heterocycles. The molecule has 3 aromatic rings. The lowest BCUT2D eigenvalue weighted by Crippen LogP contribution is -2.12. The van der Waals surface area contributed by atoms with E-state index in [1.165, 1.54) is 0 Å². The Labute approximate surface area is 127 Å². The van der Waals surface area contributed by atoms with E-state index < -0.39 is 0 Å². The van der Waals surface area contributed by atoms with E-state index in [4.69, 9.17) is 4.74 Å². The number of nitrogens with zero attached hydrogens (tertiary/aromatic N) is 3. The topological polar surface area (TPSA) is 84.8 Å². The number of anilines is 2. The van der Waals surface area contributed by atoms with Crippen LogP contribution in [0.25, 0.3) is 11.0 Å². The molecule has 0 bridgehead atoms. The number of aromatic amines is 1. The number of methoxy groups -OCH3 is 1. The van der Waals surface area contributed by atoms with Gasteiger partial charge in [-0.25, -0.2) is 4.68 Å². The summed E-state index contributed by atoms with van der Waals surface area (Å²) in [6.45, 7) is 3.98. The van der Waals surface area contributed by atoms with Crippen LogP contribution in [0.4, 0.5) is 11.6 Å². The summed E-state index contributed by atoms with van der Waals surface area (Å²) in [5.41, 5.74) is 1.15. The SMILES string of the molecule is COc1ccc(Nc2nc3c(cnn3C(C)C)c(=O)[nH]2)cc1. The number of ether oxygens (including phenoxy) is 1. The lowest BCUT2D eigenvalue weighted by Gasteiger charge is -2.09. The smallest absolute Gasteiger partial charge is 0.263 e. The Bertz CT molecular complexity index is 848. The van der Waals surface area contributed by atoms with Gasteiger partial charge >= 0.3 is 0 Å². The monoisotopic (exact) mass is 299 g/mol. The van der Waals surface area contributed by atoms with Crippen LogP contribution in [0.1, 0.15) is 19.9 Å². The molecule has 7 heteroatoms. The number of hydrogen-bond acceptors (Lipinski definition) is 5. The minimum absolute atomic E-state index is 0.126. The third-order valence-corrected chi connectivity index (χ3v) is 3.31. The van der Waals surface area contributed by atoms with Gasteiger partial charge in [0.1, 0.15) is 11.1 Å². The summed E-state index contributed by atoms with van der Waals surface area (Å²) >= 11 is 0. The average Bonchev–Trinajstić information content (AvgIpc) is 2.92. The fourth-order valence-corrected chi connectivity index (χ4v) is 2.18. The molecule has 0 aliphatic rings. The fraction of sp³-hybridized carbons (Fsp3) is 0.267. The maximum atomic E-state index is 12.1. The lowest BCUT2D eigenvalue weighted by atomic mass is 10.3. The molecule has 0 amide bonds. The Morgan fingerprint density at radius 2 is 2.00 bits per heavy atom. The van der Waals surface area contributed by atoms with E-state index in [1.807, 2.05) is 38.1 Å². The number of rotatable bonds is 4. The maximum Gasteiger partial charge on any atom is 0.263 e. The number of nitrogens with one attached hydrogen (secondary N) is 2. The highest BCUT2D eigenvalue weighted by Crippen LogP contribution is 2.19. The first-order valence-corrected chi connectivity index (χ1v) is 6.97. The second kappa shape index (κ2) is 5.51. The molecule has 0 saturated carbocycles. The number of benzene rings is 1. The molecule has 22 heavy (non-hydrogen) atoms. The predicted molar refractivity (Wildman–Crippen MR) is 84.8 cm³/mol. The second-order valence-corrected chi connectivity index (χ2v) is 5.19. The molecule has 2 heterocycles. The van der Waals surface area contributed by atoms with Crippen LogP contribution in [0.5, 0.6) is 5.75 Å². The molecule has 0 spiro atoms. The summed E-state index contributed by atoms with van der Waals surface area (Å²) in [7, 11) is 1.61. The van der Waals surface area contributed by atoms with Gasteiger partial charge in [0.05, 0.1) is 13.3 Å². The molecule has 7 nitrogen and oxygen atoms in total. The van der Waals surface area contributed by atoms with E-state index in [0.29, 0.717) is 17.0 Å².